The Kier molecular flexibility index (Phi) is 4.03. The predicted molar refractivity (Wildman–Crippen MR) is 73.6 cm³/mol. The minimum atomic E-state index is 0.151. The van der Waals surface area contributed by atoms with Gasteiger partial charge in [0.1, 0.15) is 0 Å². The number of aromatic hydroxyl groups is 1. The van der Waals surface area contributed by atoms with E-state index in [1.165, 1.54) is 0 Å². The van der Waals surface area contributed by atoms with Crippen LogP contribution in [0.25, 0.3) is 11.1 Å². The highest BCUT2D eigenvalue weighted by Gasteiger charge is 2.17. The van der Waals surface area contributed by atoms with E-state index in [1.54, 1.807) is 0 Å². The highest BCUT2D eigenvalue weighted by molar-refractivity contribution is 5.71. The second kappa shape index (κ2) is 5.71. The average molecular weight is 244 g/mol. The smallest absolute Gasteiger partial charge is 0.238 e. The van der Waals surface area contributed by atoms with E-state index < -0.39 is 0 Å². The zero-order valence-corrected chi connectivity index (χ0v) is 11.1. The number of hydrogen-bond acceptors (Lipinski definition) is 2. The number of rotatable bonds is 5. The van der Waals surface area contributed by atoms with Gasteiger partial charge in [-0.05, 0) is 18.4 Å². The minimum Gasteiger partial charge on any atom is -0.492 e. The Hall–Kier alpha value is -1.77. The van der Waals surface area contributed by atoms with Crippen molar-refractivity contribution in [3.05, 3.63) is 36.0 Å². The van der Waals surface area contributed by atoms with Crippen LogP contribution in [0.15, 0.2) is 30.3 Å². The van der Waals surface area contributed by atoms with Gasteiger partial charge in [0, 0.05) is 6.54 Å². The Morgan fingerprint density at radius 2 is 1.83 bits per heavy atom. The molecule has 0 saturated heterocycles. The van der Waals surface area contributed by atoms with Crippen molar-refractivity contribution in [2.75, 3.05) is 0 Å². The summed E-state index contributed by atoms with van der Waals surface area (Å²) in [4.78, 5) is 0. The van der Waals surface area contributed by atoms with E-state index in [0.29, 0.717) is 0 Å². The van der Waals surface area contributed by atoms with Gasteiger partial charge in [-0.15, -0.1) is 5.10 Å². The molecule has 1 N–H and O–H groups in total. The molecular formula is C15H20N2O. The van der Waals surface area contributed by atoms with E-state index in [0.717, 1.165) is 42.6 Å². The van der Waals surface area contributed by atoms with Gasteiger partial charge in [0.25, 0.3) is 0 Å². The molecule has 0 amide bonds. The van der Waals surface area contributed by atoms with Crippen LogP contribution < -0.4 is 0 Å². The Morgan fingerprint density at radius 3 is 2.44 bits per heavy atom. The van der Waals surface area contributed by atoms with Crippen molar-refractivity contribution in [2.24, 2.45) is 0 Å². The van der Waals surface area contributed by atoms with Gasteiger partial charge in [-0.1, -0.05) is 50.6 Å². The second-order valence-corrected chi connectivity index (χ2v) is 4.48. The van der Waals surface area contributed by atoms with E-state index >= 15 is 0 Å². The van der Waals surface area contributed by atoms with Crippen molar-refractivity contribution >= 4 is 0 Å². The first-order chi connectivity index (χ1) is 8.77. The second-order valence-electron chi connectivity index (χ2n) is 4.48. The Labute approximate surface area is 108 Å². The maximum Gasteiger partial charge on any atom is 0.238 e. The largest absolute Gasteiger partial charge is 0.492 e. The molecule has 1 aromatic heterocycles. The van der Waals surface area contributed by atoms with Crippen molar-refractivity contribution in [2.45, 2.75) is 39.7 Å². The van der Waals surface area contributed by atoms with E-state index in [4.69, 9.17) is 0 Å². The average Bonchev–Trinajstić information content (AvgIpc) is 2.68. The SMILES string of the molecule is CCCc1c(-c2ccccc2)c(O)nn1CCC. The van der Waals surface area contributed by atoms with Gasteiger partial charge in [0.2, 0.25) is 5.88 Å². The number of benzene rings is 1. The minimum absolute atomic E-state index is 0.151. The third-order valence-electron chi connectivity index (χ3n) is 3.02. The van der Waals surface area contributed by atoms with Gasteiger partial charge in [-0.25, -0.2) is 0 Å². The molecule has 3 heteroatoms. The summed E-state index contributed by atoms with van der Waals surface area (Å²) < 4.78 is 1.95. The molecule has 0 radical (unpaired) electrons. The third-order valence-corrected chi connectivity index (χ3v) is 3.02. The molecule has 2 rings (SSSR count). The lowest BCUT2D eigenvalue weighted by molar-refractivity contribution is 0.436. The van der Waals surface area contributed by atoms with Gasteiger partial charge in [-0.3, -0.25) is 4.68 Å². The zero-order chi connectivity index (χ0) is 13.0. The Balaban J connectivity index is 2.51. The monoisotopic (exact) mass is 244 g/mol. The van der Waals surface area contributed by atoms with Gasteiger partial charge in [0.15, 0.2) is 0 Å². The molecule has 0 spiro atoms. The highest BCUT2D eigenvalue weighted by atomic mass is 16.3. The molecule has 1 aromatic carbocycles. The standard InChI is InChI=1S/C15H20N2O/c1-3-8-13-14(12-9-6-5-7-10-12)15(18)16-17(13)11-4-2/h5-7,9-10H,3-4,8,11H2,1-2H3,(H,16,18). The van der Waals surface area contributed by atoms with Crippen LogP contribution in [0, 0.1) is 0 Å². The zero-order valence-electron chi connectivity index (χ0n) is 11.1. The van der Waals surface area contributed by atoms with E-state index in [1.807, 2.05) is 35.0 Å². The van der Waals surface area contributed by atoms with Crippen LogP contribution in [0.5, 0.6) is 5.88 Å². The lowest BCUT2D eigenvalue weighted by Gasteiger charge is -2.07. The first-order valence-corrected chi connectivity index (χ1v) is 6.62. The molecule has 0 aliphatic heterocycles. The molecule has 0 aliphatic rings. The third kappa shape index (κ3) is 2.40. The molecule has 0 saturated carbocycles. The first kappa shape index (κ1) is 12.7. The summed E-state index contributed by atoms with van der Waals surface area (Å²) in [5.41, 5.74) is 3.08. The molecule has 0 atom stereocenters. The van der Waals surface area contributed by atoms with E-state index in [-0.39, 0.29) is 5.88 Å². The molecule has 0 aliphatic carbocycles. The van der Waals surface area contributed by atoms with Crippen LogP contribution >= 0.6 is 0 Å². The predicted octanol–water partition coefficient (Wildman–Crippen LogP) is 3.62. The number of aryl methyl sites for hydroxylation is 1. The molecule has 0 fully saturated rings. The van der Waals surface area contributed by atoms with E-state index in [2.05, 4.69) is 18.9 Å². The topological polar surface area (TPSA) is 38.1 Å². The van der Waals surface area contributed by atoms with E-state index in [9.17, 15) is 5.11 Å². The summed E-state index contributed by atoms with van der Waals surface area (Å²) in [5, 5.41) is 14.4. The molecule has 96 valence electrons. The van der Waals surface area contributed by atoms with Crippen LogP contribution in [0.1, 0.15) is 32.4 Å². The van der Waals surface area contributed by atoms with Gasteiger partial charge < -0.3 is 5.11 Å². The van der Waals surface area contributed by atoms with Crippen LogP contribution in [0.2, 0.25) is 0 Å². The van der Waals surface area contributed by atoms with Crippen LogP contribution in [-0.4, -0.2) is 14.9 Å². The summed E-state index contributed by atoms with van der Waals surface area (Å²) in [6.07, 6.45) is 3.01. The molecule has 2 aromatic rings. The molecule has 1 heterocycles. The molecule has 0 unspecified atom stereocenters. The number of nitrogens with zero attached hydrogens (tertiary/aromatic N) is 2. The van der Waals surface area contributed by atoms with Crippen LogP contribution in [-0.2, 0) is 13.0 Å². The van der Waals surface area contributed by atoms with Crippen molar-refractivity contribution in [1.82, 2.24) is 9.78 Å². The summed E-state index contributed by atoms with van der Waals surface area (Å²) in [6, 6.07) is 10.00. The summed E-state index contributed by atoms with van der Waals surface area (Å²) >= 11 is 0. The van der Waals surface area contributed by atoms with Crippen molar-refractivity contribution in [3.63, 3.8) is 0 Å². The van der Waals surface area contributed by atoms with Crippen molar-refractivity contribution in [3.8, 4) is 17.0 Å². The fourth-order valence-electron chi connectivity index (χ4n) is 2.27. The summed E-state index contributed by atoms with van der Waals surface area (Å²) in [7, 11) is 0. The van der Waals surface area contributed by atoms with Crippen LogP contribution in [0.4, 0.5) is 0 Å². The van der Waals surface area contributed by atoms with Gasteiger partial charge in [0.05, 0.1) is 11.3 Å². The number of hydrogen-bond donors (Lipinski definition) is 1. The quantitative estimate of drug-likeness (QED) is 0.872. The fourth-order valence-corrected chi connectivity index (χ4v) is 2.27. The van der Waals surface area contributed by atoms with Gasteiger partial charge >= 0.3 is 0 Å². The molecule has 0 bridgehead atoms. The lowest BCUT2D eigenvalue weighted by Crippen LogP contribution is -2.04. The molecular weight excluding hydrogens is 224 g/mol. The number of aromatic nitrogens is 2. The van der Waals surface area contributed by atoms with Crippen LogP contribution in [0.3, 0.4) is 0 Å². The fraction of sp³-hybridized carbons (Fsp3) is 0.400. The normalized spacial score (nSPS) is 10.8. The first-order valence-electron chi connectivity index (χ1n) is 6.62. The molecule has 3 nitrogen and oxygen atoms in total. The van der Waals surface area contributed by atoms with Crippen molar-refractivity contribution < 1.29 is 5.11 Å². The molecule has 18 heavy (non-hydrogen) atoms. The summed E-state index contributed by atoms with van der Waals surface area (Å²) in [6.45, 7) is 5.13. The Bertz CT molecular complexity index is 503. The Morgan fingerprint density at radius 1 is 1.11 bits per heavy atom. The van der Waals surface area contributed by atoms with Gasteiger partial charge in [-0.2, -0.15) is 0 Å². The van der Waals surface area contributed by atoms with Crippen molar-refractivity contribution in [1.29, 1.82) is 0 Å². The maximum atomic E-state index is 10.1. The summed E-state index contributed by atoms with van der Waals surface area (Å²) in [5.74, 6) is 0.151. The highest BCUT2D eigenvalue weighted by Crippen LogP contribution is 2.32. The lowest BCUT2D eigenvalue weighted by atomic mass is 10.0. The maximum absolute atomic E-state index is 10.1.